The molecule has 0 amide bonds. The molecule has 0 aliphatic heterocycles. The molecule has 16 heavy (non-hydrogen) atoms. The van der Waals surface area contributed by atoms with Crippen LogP contribution in [-0.4, -0.2) is 34.6 Å². The van der Waals surface area contributed by atoms with Gasteiger partial charge in [0, 0.05) is 5.88 Å². The van der Waals surface area contributed by atoms with Crippen molar-refractivity contribution in [3.63, 3.8) is 0 Å². The van der Waals surface area contributed by atoms with Crippen molar-refractivity contribution in [1.82, 2.24) is 0 Å². The summed E-state index contributed by atoms with van der Waals surface area (Å²) >= 11 is 5.45. The van der Waals surface area contributed by atoms with Gasteiger partial charge in [-0.3, -0.25) is 0 Å². The molecule has 1 unspecified atom stereocenters. The van der Waals surface area contributed by atoms with Crippen LogP contribution in [0.25, 0.3) is 0 Å². The fourth-order valence-corrected chi connectivity index (χ4v) is 1.13. The van der Waals surface area contributed by atoms with Gasteiger partial charge in [-0.15, -0.1) is 11.6 Å². The fourth-order valence-electron chi connectivity index (χ4n) is 1.00. The van der Waals surface area contributed by atoms with Gasteiger partial charge in [-0.05, 0) is 33.6 Å². The van der Waals surface area contributed by atoms with Crippen LogP contribution in [0.15, 0.2) is 5.57 Å². The summed E-state index contributed by atoms with van der Waals surface area (Å²) in [5.74, 6) is 1.08. The van der Waals surface area contributed by atoms with E-state index in [2.05, 4.69) is 0 Å². The summed E-state index contributed by atoms with van der Waals surface area (Å²) in [5, 5.41) is 9.55. The summed E-state index contributed by atoms with van der Waals surface area (Å²) in [6.45, 7) is 5.04. The lowest BCUT2D eigenvalue weighted by Crippen LogP contribution is -2.33. The van der Waals surface area contributed by atoms with Crippen molar-refractivity contribution in [3.8, 4) is 0 Å². The van der Waals surface area contributed by atoms with Gasteiger partial charge in [-0.25, -0.2) is 9.59 Å². The minimum Gasteiger partial charge on any atom is -0.458 e. The smallest absolute Gasteiger partial charge is 0.340 e. The molecule has 0 aromatic rings. The lowest BCUT2D eigenvalue weighted by Gasteiger charge is -2.21. The van der Waals surface area contributed by atoms with Crippen LogP contribution in [0, 0.1) is 0 Å². The van der Waals surface area contributed by atoms with E-state index in [9.17, 15) is 14.7 Å². The van der Waals surface area contributed by atoms with Crippen molar-refractivity contribution in [3.05, 3.63) is 5.57 Å². The summed E-state index contributed by atoms with van der Waals surface area (Å²) in [4.78, 5) is 22.0. The molecule has 0 heterocycles. The Labute approximate surface area is 100 Å². The highest BCUT2D eigenvalue weighted by Gasteiger charge is 2.26. The third-order valence-electron chi connectivity index (χ3n) is 1.67. The minimum atomic E-state index is -1.54. The van der Waals surface area contributed by atoms with Crippen molar-refractivity contribution >= 4 is 23.5 Å². The van der Waals surface area contributed by atoms with Crippen molar-refractivity contribution in [2.75, 3.05) is 5.88 Å². The molecule has 1 atom stereocenters. The van der Waals surface area contributed by atoms with E-state index >= 15 is 0 Å². The molecule has 0 fully saturated rings. The number of hydrogen-bond acceptors (Lipinski definition) is 4. The van der Waals surface area contributed by atoms with Gasteiger partial charge in [0.2, 0.25) is 0 Å². The lowest BCUT2D eigenvalue weighted by molar-refractivity contribution is -0.162. The number of esters is 1. The van der Waals surface area contributed by atoms with Crippen molar-refractivity contribution in [2.24, 2.45) is 0 Å². The Hall–Kier alpha value is -0.830. The maximum atomic E-state index is 11.4. The van der Waals surface area contributed by atoms with Crippen molar-refractivity contribution in [1.29, 1.82) is 0 Å². The average molecular weight is 249 g/mol. The predicted octanol–water partition coefficient (Wildman–Crippen LogP) is 1.47. The summed E-state index contributed by atoms with van der Waals surface area (Å²) in [5.41, 5.74) is -0.715. The van der Waals surface area contributed by atoms with Crippen LogP contribution in [0.3, 0.4) is 0 Å². The second kappa shape index (κ2) is 6.69. The molecule has 0 spiro atoms. The maximum absolute atomic E-state index is 11.4. The molecule has 0 rings (SSSR count). The Morgan fingerprint density at radius 3 is 2.44 bits per heavy atom. The molecule has 4 nitrogen and oxygen atoms in total. The van der Waals surface area contributed by atoms with Gasteiger partial charge in [-0.1, -0.05) is 0 Å². The van der Waals surface area contributed by atoms with Crippen LogP contribution in [0.2, 0.25) is 0 Å². The van der Waals surface area contributed by atoms with Gasteiger partial charge in [0.25, 0.3) is 0 Å². The van der Waals surface area contributed by atoms with Crippen LogP contribution in [0.5, 0.6) is 0 Å². The number of alkyl halides is 1. The molecule has 0 aliphatic rings. The number of carbonyl (C=O) groups is 1. The van der Waals surface area contributed by atoms with E-state index in [-0.39, 0.29) is 12.0 Å². The standard InChI is InChI=1S/C11H17ClO4/c1-11(2,3)16-10(15)9(14)8(7-13)5-4-6-12/h9,14H,4-6H2,1-3H3. The topological polar surface area (TPSA) is 63.6 Å². The Kier molecular flexibility index (Phi) is 6.34. The second-order valence-corrected chi connectivity index (χ2v) is 4.73. The molecule has 0 aliphatic carbocycles. The van der Waals surface area contributed by atoms with E-state index in [1.54, 1.807) is 26.7 Å². The van der Waals surface area contributed by atoms with E-state index in [4.69, 9.17) is 16.3 Å². The van der Waals surface area contributed by atoms with Crippen LogP contribution >= 0.6 is 11.6 Å². The number of hydrogen-bond donors (Lipinski definition) is 1. The molecular weight excluding hydrogens is 232 g/mol. The molecule has 5 heteroatoms. The first-order chi connectivity index (χ1) is 7.31. The number of ether oxygens (including phenoxy) is 1. The number of aliphatic hydroxyl groups is 1. The highest BCUT2D eigenvalue weighted by Crippen LogP contribution is 2.14. The number of aliphatic hydroxyl groups excluding tert-OH is 1. The predicted molar refractivity (Wildman–Crippen MR) is 61.0 cm³/mol. The van der Waals surface area contributed by atoms with E-state index in [1.165, 1.54) is 0 Å². The number of carbonyl (C=O) groups excluding carboxylic acids is 2. The molecule has 0 aromatic heterocycles. The summed E-state index contributed by atoms with van der Waals surface area (Å²) in [7, 11) is 0. The molecule has 0 saturated carbocycles. The summed E-state index contributed by atoms with van der Waals surface area (Å²) in [6.07, 6.45) is -0.792. The lowest BCUT2D eigenvalue weighted by atomic mass is 10.1. The Balaban J connectivity index is 4.46. The van der Waals surface area contributed by atoms with Crippen LogP contribution in [0.4, 0.5) is 0 Å². The van der Waals surface area contributed by atoms with Gasteiger partial charge < -0.3 is 9.84 Å². The van der Waals surface area contributed by atoms with E-state index in [0.717, 1.165) is 0 Å². The summed E-state index contributed by atoms with van der Waals surface area (Å²) < 4.78 is 4.94. The highest BCUT2D eigenvalue weighted by molar-refractivity contribution is 6.17. The first kappa shape index (κ1) is 15.2. The van der Waals surface area contributed by atoms with Crippen LogP contribution in [-0.2, 0) is 14.3 Å². The largest absolute Gasteiger partial charge is 0.458 e. The zero-order chi connectivity index (χ0) is 12.8. The van der Waals surface area contributed by atoms with E-state index in [1.807, 2.05) is 0 Å². The van der Waals surface area contributed by atoms with Crippen molar-refractivity contribution in [2.45, 2.75) is 45.3 Å². The van der Waals surface area contributed by atoms with Crippen LogP contribution in [0.1, 0.15) is 33.6 Å². The Morgan fingerprint density at radius 1 is 1.50 bits per heavy atom. The van der Waals surface area contributed by atoms with Crippen LogP contribution < -0.4 is 0 Å². The zero-order valence-corrected chi connectivity index (χ0v) is 10.5. The Bertz CT molecular complexity index is 287. The third kappa shape index (κ3) is 5.91. The van der Waals surface area contributed by atoms with E-state index in [0.29, 0.717) is 12.3 Å². The van der Waals surface area contributed by atoms with Crippen molar-refractivity contribution < 1.29 is 19.4 Å². The molecular formula is C11H17ClO4. The average Bonchev–Trinajstić information content (AvgIpc) is 2.16. The fraction of sp³-hybridized carbons (Fsp3) is 0.727. The van der Waals surface area contributed by atoms with Gasteiger partial charge in [0.05, 0.1) is 5.57 Å². The monoisotopic (exact) mass is 248 g/mol. The second-order valence-electron chi connectivity index (χ2n) is 4.36. The summed E-state index contributed by atoms with van der Waals surface area (Å²) in [6, 6.07) is 0. The van der Waals surface area contributed by atoms with Gasteiger partial charge in [0.15, 0.2) is 6.10 Å². The number of rotatable bonds is 5. The molecule has 0 aromatic carbocycles. The maximum Gasteiger partial charge on any atom is 0.340 e. The molecule has 0 bridgehead atoms. The molecule has 0 saturated heterocycles. The SMILES string of the molecule is CC(C)(C)OC(=O)C(O)C(=C=O)CCCCl. The normalized spacial score (nSPS) is 12.8. The molecule has 92 valence electrons. The Morgan fingerprint density at radius 2 is 2.06 bits per heavy atom. The van der Waals surface area contributed by atoms with Gasteiger partial charge >= 0.3 is 5.97 Å². The molecule has 0 radical (unpaired) electrons. The van der Waals surface area contributed by atoms with Gasteiger partial charge in [0.1, 0.15) is 11.5 Å². The minimum absolute atomic E-state index is 0.0186. The van der Waals surface area contributed by atoms with E-state index < -0.39 is 17.7 Å². The number of halogens is 1. The third-order valence-corrected chi connectivity index (χ3v) is 1.94. The zero-order valence-electron chi connectivity index (χ0n) is 9.75. The quantitative estimate of drug-likeness (QED) is 0.455. The molecule has 1 N–H and O–H groups in total. The first-order valence-electron chi connectivity index (χ1n) is 5.02. The van der Waals surface area contributed by atoms with Gasteiger partial charge in [-0.2, -0.15) is 0 Å². The first-order valence-corrected chi connectivity index (χ1v) is 5.56. The highest BCUT2D eigenvalue weighted by atomic mass is 35.5.